The zero-order valence-electron chi connectivity index (χ0n) is 10.3. The fraction of sp³-hybridized carbons (Fsp3) is 0.286. The molecule has 0 spiro atoms. The van der Waals surface area contributed by atoms with E-state index in [1.807, 2.05) is 13.0 Å². The van der Waals surface area contributed by atoms with Crippen LogP contribution in [0.4, 0.5) is 5.69 Å². The van der Waals surface area contributed by atoms with Gasteiger partial charge < -0.3 is 5.32 Å². The van der Waals surface area contributed by atoms with Crippen molar-refractivity contribution in [3.05, 3.63) is 35.0 Å². The molecule has 86 valence electrons. The maximum Gasteiger partial charge on any atom is 0.103 e. The van der Waals surface area contributed by atoms with Crippen LogP contribution in [0.3, 0.4) is 0 Å². The number of benzene rings is 1. The molecule has 0 amide bonds. The van der Waals surface area contributed by atoms with E-state index in [-0.39, 0.29) is 0 Å². The van der Waals surface area contributed by atoms with Gasteiger partial charge in [-0.25, -0.2) is 0 Å². The molecule has 2 aromatic rings. The van der Waals surface area contributed by atoms with Gasteiger partial charge in [0.25, 0.3) is 0 Å². The van der Waals surface area contributed by atoms with Gasteiger partial charge in [0.1, 0.15) is 6.07 Å². The number of hydrogen-bond acceptors (Lipinski definition) is 3. The quantitative estimate of drug-likeness (QED) is 0.854. The van der Waals surface area contributed by atoms with Gasteiger partial charge >= 0.3 is 0 Å². The fourth-order valence-electron chi connectivity index (χ4n) is 1.96. The summed E-state index contributed by atoms with van der Waals surface area (Å²) in [7, 11) is 0. The number of hydrogen-bond donors (Lipinski definition) is 1. The number of nitriles is 1. The molecular formula is C14H15N3. The average Bonchev–Trinajstić information content (AvgIpc) is 2.34. The van der Waals surface area contributed by atoms with Crippen molar-refractivity contribution in [1.29, 1.82) is 5.26 Å². The Labute approximate surface area is 101 Å². The molecule has 1 N–H and O–H groups in total. The van der Waals surface area contributed by atoms with Crippen molar-refractivity contribution in [2.45, 2.75) is 20.8 Å². The predicted molar refractivity (Wildman–Crippen MR) is 70.1 cm³/mol. The van der Waals surface area contributed by atoms with E-state index in [0.29, 0.717) is 5.56 Å². The highest BCUT2D eigenvalue weighted by Gasteiger charge is 2.10. The van der Waals surface area contributed by atoms with E-state index in [1.54, 1.807) is 6.20 Å². The number of pyridine rings is 1. The zero-order chi connectivity index (χ0) is 12.4. The minimum atomic E-state index is 0.600. The summed E-state index contributed by atoms with van der Waals surface area (Å²) in [6.07, 6.45) is 1.65. The Morgan fingerprint density at radius 1 is 1.35 bits per heavy atom. The Balaban J connectivity index is 2.82. The highest BCUT2D eigenvalue weighted by Crippen LogP contribution is 2.28. The lowest BCUT2D eigenvalue weighted by molar-refractivity contribution is 1.20. The van der Waals surface area contributed by atoms with Crippen LogP contribution < -0.4 is 5.32 Å². The lowest BCUT2D eigenvalue weighted by atomic mass is 10.0. The summed E-state index contributed by atoms with van der Waals surface area (Å²) in [4.78, 5) is 4.39. The first-order valence-corrected chi connectivity index (χ1v) is 5.72. The number of fused-ring (bicyclic) bond motifs is 1. The third-order valence-corrected chi connectivity index (χ3v) is 3.04. The van der Waals surface area contributed by atoms with Gasteiger partial charge in [-0.15, -0.1) is 0 Å². The van der Waals surface area contributed by atoms with E-state index in [4.69, 9.17) is 5.26 Å². The Morgan fingerprint density at radius 2 is 2.12 bits per heavy atom. The van der Waals surface area contributed by atoms with Crippen molar-refractivity contribution in [2.24, 2.45) is 0 Å². The van der Waals surface area contributed by atoms with Crippen LogP contribution in [0.5, 0.6) is 0 Å². The Bertz CT molecular complexity index is 609. The maximum absolute atomic E-state index is 9.10. The molecule has 1 aromatic carbocycles. The van der Waals surface area contributed by atoms with Crippen LogP contribution in [0, 0.1) is 25.2 Å². The first-order chi connectivity index (χ1) is 8.19. The SMILES string of the molecule is CCNc1c(C#N)cnc2c(C)c(C)ccc12. The smallest absolute Gasteiger partial charge is 0.103 e. The maximum atomic E-state index is 9.10. The van der Waals surface area contributed by atoms with Crippen molar-refractivity contribution in [3.8, 4) is 6.07 Å². The summed E-state index contributed by atoms with van der Waals surface area (Å²) < 4.78 is 0. The molecule has 3 heteroatoms. The molecule has 0 atom stereocenters. The van der Waals surface area contributed by atoms with E-state index in [2.05, 4.69) is 36.3 Å². The van der Waals surface area contributed by atoms with Crippen LogP contribution in [-0.2, 0) is 0 Å². The van der Waals surface area contributed by atoms with Crippen LogP contribution in [0.2, 0.25) is 0 Å². The first kappa shape index (κ1) is 11.4. The largest absolute Gasteiger partial charge is 0.384 e. The van der Waals surface area contributed by atoms with Gasteiger partial charge in [-0.05, 0) is 31.9 Å². The monoisotopic (exact) mass is 225 g/mol. The Kier molecular flexibility index (Phi) is 2.97. The zero-order valence-corrected chi connectivity index (χ0v) is 10.3. The molecule has 0 saturated heterocycles. The number of rotatable bonds is 2. The second kappa shape index (κ2) is 4.42. The van der Waals surface area contributed by atoms with Crippen molar-refractivity contribution in [3.63, 3.8) is 0 Å². The molecule has 1 heterocycles. The minimum Gasteiger partial charge on any atom is -0.384 e. The first-order valence-electron chi connectivity index (χ1n) is 5.72. The second-order valence-corrected chi connectivity index (χ2v) is 4.09. The van der Waals surface area contributed by atoms with Gasteiger partial charge in [0.2, 0.25) is 0 Å². The molecule has 0 unspecified atom stereocenters. The average molecular weight is 225 g/mol. The number of nitrogens with zero attached hydrogens (tertiary/aromatic N) is 2. The standard InChI is InChI=1S/C14H15N3/c1-4-16-14-11(7-15)8-17-13-10(3)9(2)5-6-12(13)14/h5-6,8H,4H2,1-3H3,(H,16,17). The minimum absolute atomic E-state index is 0.600. The van der Waals surface area contributed by atoms with Gasteiger partial charge in [0.15, 0.2) is 0 Å². The molecule has 0 aliphatic carbocycles. The Hall–Kier alpha value is -2.08. The van der Waals surface area contributed by atoms with Crippen molar-refractivity contribution in [2.75, 3.05) is 11.9 Å². The molecule has 1 aromatic heterocycles. The number of aromatic nitrogens is 1. The lowest BCUT2D eigenvalue weighted by Gasteiger charge is -2.12. The topological polar surface area (TPSA) is 48.7 Å². The lowest BCUT2D eigenvalue weighted by Crippen LogP contribution is -2.02. The number of aryl methyl sites for hydroxylation is 2. The fourth-order valence-corrected chi connectivity index (χ4v) is 1.96. The van der Waals surface area contributed by atoms with Crippen LogP contribution in [0.25, 0.3) is 10.9 Å². The van der Waals surface area contributed by atoms with Gasteiger partial charge in [0.05, 0.1) is 16.8 Å². The van der Waals surface area contributed by atoms with E-state index >= 15 is 0 Å². The summed E-state index contributed by atoms with van der Waals surface area (Å²) in [5.41, 5.74) is 4.86. The molecule has 2 rings (SSSR count). The number of anilines is 1. The highest BCUT2D eigenvalue weighted by molar-refractivity contribution is 5.96. The number of nitrogens with one attached hydrogen (secondary N) is 1. The van der Waals surface area contributed by atoms with Crippen LogP contribution in [0.15, 0.2) is 18.3 Å². The molecule has 0 radical (unpaired) electrons. The molecule has 3 nitrogen and oxygen atoms in total. The third kappa shape index (κ3) is 1.83. The second-order valence-electron chi connectivity index (χ2n) is 4.09. The summed E-state index contributed by atoms with van der Waals surface area (Å²) >= 11 is 0. The summed E-state index contributed by atoms with van der Waals surface area (Å²) in [6, 6.07) is 6.28. The molecule has 0 saturated carbocycles. The van der Waals surface area contributed by atoms with Crippen molar-refractivity contribution < 1.29 is 0 Å². The summed E-state index contributed by atoms with van der Waals surface area (Å²) in [6.45, 7) is 6.95. The molecule has 0 fully saturated rings. The normalized spacial score (nSPS) is 10.2. The van der Waals surface area contributed by atoms with Crippen LogP contribution >= 0.6 is 0 Å². The van der Waals surface area contributed by atoms with Crippen molar-refractivity contribution >= 4 is 16.6 Å². The molecule has 0 aliphatic heterocycles. The van der Waals surface area contributed by atoms with Crippen LogP contribution in [0.1, 0.15) is 23.6 Å². The van der Waals surface area contributed by atoms with E-state index < -0.39 is 0 Å². The van der Waals surface area contributed by atoms with E-state index in [9.17, 15) is 0 Å². The molecular weight excluding hydrogens is 210 g/mol. The summed E-state index contributed by atoms with van der Waals surface area (Å²) in [5, 5.41) is 13.4. The molecule has 17 heavy (non-hydrogen) atoms. The van der Waals surface area contributed by atoms with Gasteiger partial charge in [-0.2, -0.15) is 5.26 Å². The van der Waals surface area contributed by atoms with Crippen LogP contribution in [-0.4, -0.2) is 11.5 Å². The van der Waals surface area contributed by atoms with E-state index in [0.717, 1.165) is 23.1 Å². The van der Waals surface area contributed by atoms with Gasteiger partial charge in [-0.1, -0.05) is 12.1 Å². The summed E-state index contributed by atoms with van der Waals surface area (Å²) in [5.74, 6) is 0. The van der Waals surface area contributed by atoms with Crippen molar-refractivity contribution in [1.82, 2.24) is 4.98 Å². The van der Waals surface area contributed by atoms with E-state index in [1.165, 1.54) is 11.1 Å². The molecule has 0 aliphatic rings. The predicted octanol–water partition coefficient (Wildman–Crippen LogP) is 3.16. The van der Waals surface area contributed by atoms with Gasteiger partial charge in [-0.3, -0.25) is 4.98 Å². The highest BCUT2D eigenvalue weighted by atomic mass is 14.9. The Morgan fingerprint density at radius 3 is 2.76 bits per heavy atom. The third-order valence-electron chi connectivity index (χ3n) is 3.04. The van der Waals surface area contributed by atoms with Gasteiger partial charge in [0, 0.05) is 18.1 Å². The molecule has 0 bridgehead atoms.